The summed E-state index contributed by atoms with van der Waals surface area (Å²) < 4.78 is 29.7. The van der Waals surface area contributed by atoms with Crippen LogP contribution in [0.4, 0.5) is 0 Å². The van der Waals surface area contributed by atoms with Gasteiger partial charge in [-0.25, -0.2) is 13.2 Å². The van der Waals surface area contributed by atoms with Gasteiger partial charge >= 0.3 is 5.97 Å². The molecule has 0 spiro atoms. The van der Waals surface area contributed by atoms with Crippen LogP contribution in [-0.2, 0) is 21.0 Å². The second kappa shape index (κ2) is 5.66. The molecular formula is C18H16O4S. The van der Waals surface area contributed by atoms with Crippen LogP contribution in [0.25, 0.3) is 5.57 Å². The van der Waals surface area contributed by atoms with Gasteiger partial charge in [0, 0.05) is 16.5 Å². The average molecular weight is 328 g/mol. The number of rotatable bonds is 3. The molecule has 1 aliphatic rings. The quantitative estimate of drug-likeness (QED) is 0.812. The molecule has 0 saturated carbocycles. The van der Waals surface area contributed by atoms with E-state index >= 15 is 0 Å². The summed E-state index contributed by atoms with van der Waals surface area (Å²) in [4.78, 5) is 12.1. The summed E-state index contributed by atoms with van der Waals surface area (Å²) in [7, 11) is -2.27. The predicted molar refractivity (Wildman–Crippen MR) is 87.9 cm³/mol. The van der Waals surface area contributed by atoms with E-state index in [2.05, 4.69) is 0 Å². The van der Waals surface area contributed by atoms with Crippen LogP contribution < -0.4 is 0 Å². The van der Waals surface area contributed by atoms with Crippen molar-refractivity contribution in [3.05, 3.63) is 70.1 Å². The zero-order valence-electron chi connectivity index (χ0n) is 12.9. The van der Waals surface area contributed by atoms with E-state index in [9.17, 15) is 13.2 Å². The third-order valence-electron chi connectivity index (χ3n) is 3.95. The van der Waals surface area contributed by atoms with Crippen molar-refractivity contribution in [3.8, 4) is 0 Å². The molecule has 0 saturated heterocycles. The molecule has 0 aromatic heterocycles. The second-order valence-electron chi connectivity index (χ2n) is 5.29. The van der Waals surface area contributed by atoms with Gasteiger partial charge in [-0.05, 0) is 29.7 Å². The molecule has 0 N–H and O–H groups in total. The second-order valence-corrected chi connectivity index (χ2v) is 7.06. The maximum Gasteiger partial charge on any atom is 0.338 e. The topological polar surface area (TPSA) is 60.4 Å². The molecule has 5 heteroatoms. The zero-order valence-corrected chi connectivity index (χ0v) is 13.7. The molecule has 0 radical (unpaired) electrons. The Morgan fingerprint density at radius 3 is 2.43 bits per heavy atom. The number of benzene rings is 2. The van der Waals surface area contributed by atoms with Gasteiger partial charge in [0.2, 0.25) is 9.84 Å². The normalized spacial score (nSPS) is 15.0. The lowest BCUT2D eigenvalue weighted by atomic mass is 9.94. The molecule has 1 aliphatic heterocycles. The molecule has 23 heavy (non-hydrogen) atoms. The van der Waals surface area contributed by atoms with Crippen molar-refractivity contribution in [2.24, 2.45) is 0 Å². The molecule has 0 bridgehead atoms. The fraction of sp³-hybridized carbons (Fsp3) is 0.167. The van der Waals surface area contributed by atoms with E-state index < -0.39 is 15.8 Å². The van der Waals surface area contributed by atoms with E-state index in [0.29, 0.717) is 23.1 Å². The summed E-state index contributed by atoms with van der Waals surface area (Å²) >= 11 is 0. The number of methoxy groups -OCH3 is 1. The zero-order chi connectivity index (χ0) is 16.6. The van der Waals surface area contributed by atoms with Crippen molar-refractivity contribution in [3.63, 3.8) is 0 Å². The summed E-state index contributed by atoms with van der Waals surface area (Å²) in [5.41, 5.74) is 3.21. The van der Waals surface area contributed by atoms with E-state index in [0.717, 1.165) is 11.1 Å². The average Bonchev–Trinajstić information content (AvgIpc) is 2.84. The SMILES string of the molecule is CCc1cc2c(cc1C(=O)OC)S(=O)(=O)C=C2c1ccccc1. The van der Waals surface area contributed by atoms with Gasteiger partial charge in [0.15, 0.2) is 0 Å². The summed E-state index contributed by atoms with van der Waals surface area (Å²) in [6, 6.07) is 12.6. The molecule has 0 unspecified atom stereocenters. The van der Waals surface area contributed by atoms with Crippen LogP contribution in [0.1, 0.15) is 34.0 Å². The largest absolute Gasteiger partial charge is 0.465 e. The van der Waals surface area contributed by atoms with Crippen LogP contribution in [0, 0.1) is 0 Å². The van der Waals surface area contributed by atoms with E-state index in [-0.39, 0.29) is 4.90 Å². The van der Waals surface area contributed by atoms with Crippen molar-refractivity contribution in [1.82, 2.24) is 0 Å². The first kappa shape index (κ1) is 15.5. The molecule has 4 nitrogen and oxygen atoms in total. The number of esters is 1. The number of hydrogen-bond donors (Lipinski definition) is 0. The van der Waals surface area contributed by atoms with Gasteiger partial charge in [-0.3, -0.25) is 0 Å². The minimum atomic E-state index is -3.56. The molecule has 2 aromatic rings. The van der Waals surface area contributed by atoms with Crippen LogP contribution in [0.15, 0.2) is 52.8 Å². The van der Waals surface area contributed by atoms with Gasteiger partial charge in [-0.15, -0.1) is 0 Å². The summed E-state index contributed by atoms with van der Waals surface area (Å²) in [6.45, 7) is 1.92. The lowest BCUT2D eigenvalue weighted by molar-refractivity contribution is 0.0599. The first-order valence-electron chi connectivity index (χ1n) is 7.25. The predicted octanol–water partition coefficient (Wildman–Crippen LogP) is 3.21. The van der Waals surface area contributed by atoms with Crippen molar-refractivity contribution >= 4 is 21.4 Å². The Bertz CT molecular complexity index is 910. The van der Waals surface area contributed by atoms with Crippen molar-refractivity contribution < 1.29 is 17.9 Å². The Kier molecular flexibility index (Phi) is 3.82. The lowest BCUT2D eigenvalue weighted by Crippen LogP contribution is -2.08. The summed E-state index contributed by atoms with van der Waals surface area (Å²) in [5, 5.41) is 1.27. The number of carbonyl (C=O) groups is 1. The molecule has 0 atom stereocenters. The van der Waals surface area contributed by atoms with Crippen LogP contribution in [0.2, 0.25) is 0 Å². The highest BCUT2D eigenvalue weighted by Gasteiger charge is 2.30. The van der Waals surface area contributed by atoms with Gasteiger partial charge in [0.05, 0.1) is 17.6 Å². The third kappa shape index (κ3) is 2.57. The Hall–Kier alpha value is -2.40. The third-order valence-corrected chi connectivity index (χ3v) is 5.44. The first-order chi connectivity index (χ1) is 11.0. The maximum atomic E-state index is 12.5. The van der Waals surface area contributed by atoms with Crippen LogP contribution in [0.5, 0.6) is 0 Å². The van der Waals surface area contributed by atoms with Crippen molar-refractivity contribution in [2.45, 2.75) is 18.2 Å². The van der Waals surface area contributed by atoms with Gasteiger partial charge in [0.25, 0.3) is 0 Å². The lowest BCUT2D eigenvalue weighted by Gasteiger charge is -2.11. The van der Waals surface area contributed by atoms with E-state index in [4.69, 9.17) is 4.74 Å². The first-order valence-corrected chi connectivity index (χ1v) is 8.80. The van der Waals surface area contributed by atoms with Crippen LogP contribution >= 0.6 is 0 Å². The molecule has 1 heterocycles. The standard InChI is InChI=1S/C18H16O4S/c1-3-12-9-15-16(13-7-5-4-6-8-13)11-23(20,21)17(15)10-14(12)18(19)22-2/h4-11H,3H2,1-2H3. The Balaban J connectivity index is 2.26. The Morgan fingerprint density at radius 1 is 1.13 bits per heavy atom. The van der Waals surface area contributed by atoms with Crippen LogP contribution in [0.3, 0.4) is 0 Å². The highest BCUT2D eigenvalue weighted by molar-refractivity contribution is 7.95. The summed E-state index contributed by atoms with van der Waals surface area (Å²) in [5.74, 6) is -0.520. The minimum absolute atomic E-state index is 0.161. The monoisotopic (exact) mass is 328 g/mol. The van der Waals surface area contributed by atoms with Crippen molar-refractivity contribution in [2.75, 3.05) is 7.11 Å². The maximum absolute atomic E-state index is 12.5. The smallest absolute Gasteiger partial charge is 0.338 e. The molecule has 0 aliphatic carbocycles. The van der Waals surface area contributed by atoms with Gasteiger partial charge in [0.1, 0.15) is 0 Å². The highest BCUT2D eigenvalue weighted by Crippen LogP contribution is 2.39. The number of sulfone groups is 1. The minimum Gasteiger partial charge on any atom is -0.465 e. The van der Waals surface area contributed by atoms with Gasteiger partial charge in [-0.2, -0.15) is 0 Å². The number of fused-ring (bicyclic) bond motifs is 1. The number of aryl methyl sites for hydroxylation is 1. The number of ether oxygens (including phenoxy) is 1. The van der Waals surface area contributed by atoms with E-state index in [1.807, 2.05) is 37.3 Å². The van der Waals surface area contributed by atoms with Crippen LogP contribution in [-0.4, -0.2) is 21.5 Å². The van der Waals surface area contributed by atoms with Crippen molar-refractivity contribution in [1.29, 1.82) is 0 Å². The number of carbonyl (C=O) groups excluding carboxylic acids is 1. The van der Waals surface area contributed by atoms with Gasteiger partial charge in [-0.1, -0.05) is 37.3 Å². The molecule has 0 fully saturated rings. The fourth-order valence-corrected chi connectivity index (χ4v) is 4.24. The van der Waals surface area contributed by atoms with Gasteiger partial charge < -0.3 is 4.74 Å². The molecule has 0 amide bonds. The van der Waals surface area contributed by atoms with E-state index in [1.54, 1.807) is 6.07 Å². The van der Waals surface area contributed by atoms with E-state index in [1.165, 1.54) is 18.6 Å². The Morgan fingerprint density at radius 2 is 1.83 bits per heavy atom. The molecular weight excluding hydrogens is 312 g/mol. The number of hydrogen-bond acceptors (Lipinski definition) is 4. The summed E-state index contributed by atoms with van der Waals surface area (Å²) in [6.07, 6.45) is 0.611. The Labute approximate surface area is 135 Å². The highest BCUT2D eigenvalue weighted by atomic mass is 32.2. The molecule has 118 valence electrons. The molecule has 2 aromatic carbocycles. The molecule has 3 rings (SSSR count). The fourth-order valence-electron chi connectivity index (χ4n) is 2.79.